The molecular weight excluding hydrogens is 212 g/mol. The van der Waals surface area contributed by atoms with Gasteiger partial charge in [-0.15, -0.1) is 0 Å². The van der Waals surface area contributed by atoms with Gasteiger partial charge < -0.3 is 9.47 Å². The number of hydrogen-bond acceptors (Lipinski definition) is 2. The summed E-state index contributed by atoms with van der Waals surface area (Å²) in [6, 6.07) is 0. The Balaban J connectivity index is 2.86. The zero-order valence-corrected chi connectivity index (χ0v) is 11.6. The second-order valence-electron chi connectivity index (χ2n) is 5.37. The Kier molecular flexibility index (Phi) is 5.16. The van der Waals surface area contributed by atoms with E-state index in [0.717, 1.165) is 0 Å². The molecule has 96 valence electrons. The van der Waals surface area contributed by atoms with Gasteiger partial charge in [-0.2, -0.15) is 0 Å². The minimum atomic E-state index is -0.148. The summed E-state index contributed by atoms with van der Waals surface area (Å²) in [4.78, 5) is 0. The van der Waals surface area contributed by atoms with Gasteiger partial charge in [-0.3, -0.25) is 0 Å². The summed E-state index contributed by atoms with van der Waals surface area (Å²) in [6.45, 7) is 11.7. The van der Waals surface area contributed by atoms with Gasteiger partial charge in [0.15, 0.2) is 6.29 Å². The summed E-state index contributed by atoms with van der Waals surface area (Å²) < 4.78 is 11.7. The number of rotatable bonds is 2. The molecule has 17 heavy (non-hydrogen) atoms. The van der Waals surface area contributed by atoms with Crippen molar-refractivity contribution in [1.82, 2.24) is 0 Å². The van der Waals surface area contributed by atoms with Gasteiger partial charge in [-0.05, 0) is 25.0 Å². The first-order valence-electron chi connectivity index (χ1n) is 6.19. The molecule has 0 saturated heterocycles. The van der Waals surface area contributed by atoms with Crippen LogP contribution in [0.15, 0.2) is 35.5 Å². The van der Waals surface area contributed by atoms with Crippen LogP contribution in [-0.4, -0.2) is 19.5 Å². The van der Waals surface area contributed by atoms with Crippen molar-refractivity contribution >= 4 is 0 Å². The summed E-state index contributed by atoms with van der Waals surface area (Å²) in [5, 5.41) is 0. The van der Waals surface area contributed by atoms with Crippen molar-refractivity contribution in [1.29, 1.82) is 0 Å². The van der Waals surface area contributed by atoms with Crippen LogP contribution in [-0.2, 0) is 9.47 Å². The fraction of sp³-hybridized carbons (Fsp3) is 0.600. The first kappa shape index (κ1) is 14.2. The summed E-state index contributed by atoms with van der Waals surface area (Å²) in [6.07, 6.45) is 8.14. The molecule has 0 atom stereocenters. The zero-order valence-electron chi connectivity index (χ0n) is 11.6. The predicted octanol–water partition coefficient (Wildman–Crippen LogP) is 3.85. The second kappa shape index (κ2) is 6.18. The average molecular weight is 236 g/mol. The quantitative estimate of drug-likeness (QED) is 0.725. The molecule has 0 amide bonds. The summed E-state index contributed by atoms with van der Waals surface area (Å²) in [5.41, 5.74) is 2.42. The van der Waals surface area contributed by atoms with Crippen LogP contribution < -0.4 is 0 Å². The molecule has 2 nitrogen and oxygen atoms in total. The largest absolute Gasteiger partial charge is 0.347 e. The Morgan fingerprint density at radius 1 is 0.941 bits per heavy atom. The first-order chi connectivity index (χ1) is 7.99. The van der Waals surface area contributed by atoms with Crippen LogP contribution in [0.5, 0.6) is 0 Å². The third-order valence-corrected chi connectivity index (χ3v) is 2.64. The van der Waals surface area contributed by atoms with E-state index in [-0.39, 0.29) is 11.7 Å². The van der Waals surface area contributed by atoms with E-state index >= 15 is 0 Å². The molecule has 0 unspecified atom stereocenters. The summed E-state index contributed by atoms with van der Waals surface area (Å²) in [5.74, 6) is 0. The van der Waals surface area contributed by atoms with Gasteiger partial charge in [0.2, 0.25) is 0 Å². The van der Waals surface area contributed by atoms with E-state index in [2.05, 4.69) is 32.9 Å². The molecule has 1 aliphatic rings. The van der Waals surface area contributed by atoms with Crippen LogP contribution in [0, 0.1) is 5.41 Å². The lowest BCUT2D eigenvalue weighted by Crippen LogP contribution is -2.31. The van der Waals surface area contributed by atoms with Crippen molar-refractivity contribution in [2.75, 3.05) is 13.2 Å². The highest BCUT2D eigenvalue weighted by atomic mass is 16.7. The lowest BCUT2D eigenvalue weighted by Gasteiger charge is -2.28. The Morgan fingerprint density at radius 3 is 1.65 bits per heavy atom. The van der Waals surface area contributed by atoms with Gasteiger partial charge in [-0.25, -0.2) is 0 Å². The molecule has 0 saturated carbocycles. The van der Waals surface area contributed by atoms with E-state index in [1.807, 2.05) is 26.0 Å². The summed E-state index contributed by atoms with van der Waals surface area (Å²) in [7, 11) is 0. The smallest absolute Gasteiger partial charge is 0.163 e. The molecule has 1 heterocycles. The third kappa shape index (κ3) is 4.14. The lowest BCUT2D eigenvalue weighted by molar-refractivity contribution is -0.178. The molecule has 0 fully saturated rings. The van der Waals surface area contributed by atoms with Crippen LogP contribution in [0.3, 0.4) is 0 Å². The Labute approximate surface area is 105 Å². The van der Waals surface area contributed by atoms with Crippen molar-refractivity contribution in [2.24, 2.45) is 5.41 Å². The van der Waals surface area contributed by atoms with Crippen LogP contribution in [0.1, 0.15) is 34.6 Å². The molecule has 1 rings (SSSR count). The molecule has 0 radical (unpaired) electrons. The fourth-order valence-corrected chi connectivity index (χ4v) is 1.78. The monoisotopic (exact) mass is 236 g/mol. The molecule has 0 bridgehead atoms. The Bertz CT molecular complexity index is 303. The third-order valence-electron chi connectivity index (χ3n) is 2.64. The topological polar surface area (TPSA) is 18.5 Å². The van der Waals surface area contributed by atoms with Gasteiger partial charge in [0.05, 0.1) is 13.2 Å². The molecule has 0 aromatic carbocycles. The second-order valence-corrected chi connectivity index (χ2v) is 5.37. The predicted molar refractivity (Wildman–Crippen MR) is 71.8 cm³/mol. The Hall–Kier alpha value is -0.860. The molecule has 0 N–H and O–H groups in total. The average Bonchev–Trinajstić information content (AvgIpc) is 2.42. The molecule has 1 aliphatic heterocycles. The maximum absolute atomic E-state index is 5.84. The highest BCUT2D eigenvalue weighted by Crippen LogP contribution is 2.27. The van der Waals surface area contributed by atoms with Crippen molar-refractivity contribution in [2.45, 2.75) is 40.9 Å². The van der Waals surface area contributed by atoms with E-state index in [4.69, 9.17) is 9.47 Å². The van der Waals surface area contributed by atoms with Crippen LogP contribution >= 0.6 is 0 Å². The fourth-order valence-electron chi connectivity index (χ4n) is 1.78. The highest BCUT2D eigenvalue weighted by Gasteiger charge is 2.28. The van der Waals surface area contributed by atoms with Crippen molar-refractivity contribution in [3.05, 3.63) is 35.5 Å². The lowest BCUT2D eigenvalue weighted by atomic mass is 9.96. The van der Waals surface area contributed by atoms with Crippen LogP contribution in [0.25, 0.3) is 0 Å². The van der Waals surface area contributed by atoms with E-state index in [1.165, 1.54) is 11.1 Å². The first-order valence-corrected chi connectivity index (χ1v) is 6.19. The van der Waals surface area contributed by atoms with Crippen molar-refractivity contribution < 1.29 is 9.47 Å². The van der Waals surface area contributed by atoms with Gasteiger partial charge in [0.25, 0.3) is 0 Å². The van der Waals surface area contributed by atoms with Gasteiger partial charge in [0, 0.05) is 5.41 Å². The molecule has 0 aromatic rings. The number of ether oxygens (including phenoxy) is 2. The van der Waals surface area contributed by atoms with Crippen molar-refractivity contribution in [3.8, 4) is 0 Å². The molecular formula is C15H24O2. The molecule has 0 aliphatic carbocycles. The zero-order chi connectivity index (χ0) is 12.9. The minimum Gasteiger partial charge on any atom is -0.347 e. The van der Waals surface area contributed by atoms with Gasteiger partial charge >= 0.3 is 0 Å². The van der Waals surface area contributed by atoms with E-state index in [1.54, 1.807) is 0 Å². The maximum atomic E-state index is 5.84. The Morgan fingerprint density at radius 2 is 1.35 bits per heavy atom. The molecule has 2 heteroatoms. The van der Waals surface area contributed by atoms with Gasteiger partial charge in [-0.1, -0.05) is 45.1 Å². The number of hydrogen-bond donors (Lipinski definition) is 0. The summed E-state index contributed by atoms with van der Waals surface area (Å²) >= 11 is 0. The van der Waals surface area contributed by atoms with Gasteiger partial charge in [0.1, 0.15) is 0 Å². The molecule has 0 aromatic heterocycles. The SMILES string of the molecule is C/C=C\C1=C(/C=C\C)COC(C(C)(C)C)OC1. The van der Waals surface area contributed by atoms with Crippen LogP contribution in [0.2, 0.25) is 0 Å². The maximum Gasteiger partial charge on any atom is 0.163 e. The molecule has 0 spiro atoms. The highest BCUT2D eigenvalue weighted by molar-refractivity contribution is 5.34. The standard InChI is InChI=1S/C15H24O2/c1-6-8-12-10-16-14(15(3,4)5)17-11-13(12)9-7-2/h6-9,14H,10-11H2,1-5H3/b8-6-,9-7-. The van der Waals surface area contributed by atoms with E-state index in [9.17, 15) is 0 Å². The normalized spacial score (nSPS) is 20.5. The van der Waals surface area contributed by atoms with E-state index in [0.29, 0.717) is 13.2 Å². The van der Waals surface area contributed by atoms with Crippen LogP contribution in [0.4, 0.5) is 0 Å². The van der Waals surface area contributed by atoms with E-state index < -0.39 is 0 Å². The number of allylic oxidation sites excluding steroid dienone is 2. The van der Waals surface area contributed by atoms with Crippen molar-refractivity contribution in [3.63, 3.8) is 0 Å². The minimum absolute atomic E-state index is 0.00637.